The lowest BCUT2D eigenvalue weighted by Crippen LogP contribution is -2.14. The number of anilines is 1. The summed E-state index contributed by atoms with van der Waals surface area (Å²) in [6.45, 7) is -0.0346. The van der Waals surface area contributed by atoms with Crippen molar-refractivity contribution < 1.29 is 22.7 Å². The number of rotatable bonds is 7. The van der Waals surface area contributed by atoms with Gasteiger partial charge in [-0.1, -0.05) is 11.8 Å². The minimum atomic E-state index is -2.47. The van der Waals surface area contributed by atoms with Gasteiger partial charge in [-0.05, 0) is 42.5 Å². The van der Waals surface area contributed by atoms with Gasteiger partial charge in [0.2, 0.25) is 0 Å². The van der Waals surface area contributed by atoms with E-state index in [0.29, 0.717) is 22.3 Å². The van der Waals surface area contributed by atoms with Crippen LogP contribution in [0.5, 0.6) is 5.75 Å². The number of benzene rings is 2. The number of methoxy groups -OCH3 is 1. The predicted octanol–water partition coefficient (Wildman–Crippen LogP) is 4.44. The Morgan fingerprint density at radius 1 is 1.22 bits per heavy atom. The van der Waals surface area contributed by atoms with Crippen molar-refractivity contribution in [3.05, 3.63) is 53.8 Å². The highest BCUT2D eigenvalue weighted by Gasteiger charge is 2.10. The van der Waals surface area contributed by atoms with Gasteiger partial charge in [-0.2, -0.15) is 8.78 Å². The molecule has 0 aliphatic carbocycles. The fourth-order valence-electron chi connectivity index (χ4n) is 1.88. The third-order valence-corrected chi connectivity index (χ3v) is 3.73. The second-order valence-corrected chi connectivity index (χ2v) is 5.59. The van der Waals surface area contributed by atoms with Crippen LogP contribution in [0.3, 0.4) is 0 Å². The second kappa shape index (κ2) is 7.92. The first kappa shape index (κ1) is 17.2. The van der Waals surface area contributed by atoms with Gasteiger partial charge < -0.3 is 10.1 Å². The van der Waals surface area contributed by atoms with Crippen molar-refractivity contribution in [1.82, 2.24) is 0 Å². The average molecular weight is 341 g/mol. The number of carbonyl (C=O) groups excluding carboxylic acids is 1. The molecule has 0 aromatic heterocycles. The minimum absolute atomic E-state index is 0.0346. The van der Waals surface area contributed by atoms with E-state index in [4.69, 9.17) is 4.74 Å². The van der Waals surface area contributed by atoms with Gasteiger partial charge in [-0.25, -0.2) is 4.39 Å². The molecule has 0 saturated heterocycles. The summed E-state index contributed by atoms with van der Waals surface area (Å²) in [6.07, 6.45) is 0. The molecule has 0 saturated carbocycles. The number of ether oxygens (including phenoxy) is 1. The van der Waals surface area contributed by atoms with E-state index in [-0.39, 0.29) is 23.6 Å². The summed E-state index contributed by atoms with van der Waals surface area (Å²) < 4.78 is 42.8. The molecule has 0 fully saturated rings. The summed E-state index contributed by atoms with van der Waals surface area (Å²) in [7, 11) is 1.34. The third-order valence-electron chi connectivity index (χ3n) is 3.01. The molecule has 7 heteroatoms. The van der Waals surface area contributed by atoms with Gasteiger partial charge in [0.1, 0.15) is 0 Å². The lowest BCUT2D eigenvalue weighted by atomic mass is 10.1. The Hall–Kier alpha value is -2.15. The SMILES string of the molecule is COc1ccc(C(=O)CNc2ccc(SC(F)F)cc2)cc1F. The number of carbonyl (C=O) groups is 1. The van der Waals surface area contributed by atoms with Crippen LogP contribution >= 0.6 is 11.8 Å². The van der Waals surface area contributed by atoms with Crippen molar-refractivity contribution in [3.63, 3.8) is 0 Å². The number of hydrogen-bond acceptors (Lipinski definition) is 4. The smallest absolute Gasteiger partial charge is 0.288 e. The molecule has 0 unspecified atom stereocenters. The van der Waals surface area contributed by atoms with E-state index in [1.165, 1.54) is 31.4 Å². The number of halogens is 3. The molecule has 0 bridgehead atoms. The summed E-state index contributed by atoms with van der Waals surface area (Å²) in [6, 6.07) is 10.3. The Labute approximate surface area is 135 Å². The lowest BCUT2D eigenvalue weighted by molar-refractivity contribution is 0.101. The van der Waals surface area contributed by atoms with Crippen LogP contribution in [0.4, 0.5) is 18.9 Å². The van der Waals surface area contributed by atoms with Gasteiger partial charge in [0.05, 0.1) is 13.7 Å². The maximum atomic E-state index is 13.6. The van der Waals surface area contributed by atoms with Crippen molar-refractivity contribution in [2.75, 3.05) is 19.0 Å². The molecule has 0 spiro atoms. The molecule has 0 amide bonds. The minimum Gasteiger partial charge on any atom is -0.494 e. The Morgan fingerprint density at radius 2 is 1.91 bits per heavy atom. The topological polar surface area (TPSA) is 38.3 Å². The van der Waals surface area contributed by atoms with Crippen molar-refractivity contribution in [1.29, 1.82) is 0 Å². The molecule has 0 radical (unpaired) electrons. The maximum absolute atomic E-state index is 13.6. The molecule has 0 atom stereocenters. The zero-order valence-corrected chi connectivity index (χ0v) is 13.0. The van der Waals surface area contributed by atoms with Gasteiger partial charge in [0.15, 0.2) is 17.3 Å². The molecule has 0 aliphatic rings. The lowest BCUT2D eigenvalue weighted by Gasteiger charge is -2.08. The molecule has 23 heavy (non-hydrogen) atoms. The standard InChI is InChI=1S/C16H14F3NO2S/c1-22-15-7-2-10(8-13(15)17)14(21)9-20-11-3-5-12(6-4-11)23-16(18)19/h2-8,16,20H,9H2,1H3. The van der Waals surface area contributed by atoms with Gasteiger partial charge >= 0.3 is 0 Å². The fraction of sp³-hybridized carbons (Fsp3) is 0.188. The molecular weight excluding hydrogens is 327 g/mol. The van der Waals surface area contributed by atoms with Gasteiger partial charge in [-0.15, -0.1) is 0 Å². The Morgan fingerprint density at radius 3 is 2.48 bits per heavy atom. The van der Waals surface area contributed by atoms with Gasteiger partial charge in [0.25, 0.3) is 5.76 Å². The van der Waals surface area contributed by atoms with E-state index < -0.39 is 11.6 Å². The van der Waals surface area contributed by atoms with Crippen LogP contribution in [0, 0.1) is 5.82 Å². The summed E-state index contributed by atoms with van der Waals surface area (Å²) in [5.41, 5.74) is 0.839. The third kappa shape index (κ3) is 4.92. The molecule has 2 aromatic rings. The van der Waals surface area contributed by atoms with E-state index >= 15 is 0 Å². The molecule has 0 aliphatic heterocycles. The predicted molar refractivity (Wildman–Crippen MR) is 84.1 cm³/mol. The summed E-state index contributed by atoms with van der Waals surface area (Å²) in [4.78, 5) is 12.4. The number of ketones is 1. The van der Waals surface area contributed by atoms with E-state index in [1.807, 2.05) is 0 Å². The van der Waals surface area contributed by atoms with E-state index in [9.17, 15) is 18.0 Å². The van der Waals surface area contributed by atoms with Gasteiger partial charge in [-0.3, -0.25) is 4.79 Å². The zero-order valence-electron chi connectivity index (χ0n) is 12.2. The highest BCUT2D eigenvalue weighted by Crippen LogP contribution is 2.26. The number of Topliss-reactive ketones (excluding diaryl/α,β-unsaturated/α-hetero) is 1. The molecule has 122 valence electrons. The van der Waals surface area contributed by atoms with E-state index in [1.54, 1.807) is 12.1 Å². The number of thioether (sulfide) groups is 1. The van der Waals surface area contributed by atoms with Crippen LogP contribution in [0.2, 0.25) is 0 Å². The fourth-order valence-corrected chi connectivity index (χ4v) is 2.38. The Bertz CT molecular complexity index is 678. The highest BCUT2D eigenvalue weighted by atomic mass is 32.2. The molecule has 2 rings (SSSR count). The molecule has 3 nitrogen and oxygen atoms in total. The molecule has 0 heterocycles. The zero-order chi connectivity index (χ0) is 16.8. The van der Waals surface area contributed by atoms with Crippen LogP contribution in [0.15, 0.2) is 47.4 Å². The van der Waals surface area contributed by atoms with Crippen molar-refractivity contribution in [2.45, 2.75) is 10.7 Å². The van der Waals surface area contributed by atoms with Crippen LogP contribution < -0.4 is 10.1 Å². The van der Waals surface area contributed by atoms with E-state index in [0.717, 1.165) is 6.07 Å². The molecule has 2 aromatic carbocycles. The number of nitrogens with one attached hydrogen (secondary N) is 1. The number of alkyl halides is 2. The highest BCUT2D eigenvalue weighted by molar-refractivity contribution is 7.99. The van der Waals surface area contributed by atoms with Crippen LogP contribution in [0.1, 0.15) is 10.4 Å². The normalized spacial score (nSPS) is 10.7. The Kier molecular flexibility index (Phi) is 5.92. The van der Waals surface area contributed by atoms with Crippen LogP contribution in [-0.4, -0.2) is 25.2 Å². The summed E-state index contributed by atoms with van der Waals surface area (Å²) >= 11 is 0.452. The Balaban J connectivity index is 1.95. The average Bonchev–Trinajstić information content (AvgIpc) is 2.53. The number of hydrogen-bond donors (Lipinski definition) is 1. The largest absolute Gasteiger partial charge is 0.494 e. The summed E-state index contributed by atoms with van der Waals surface area (Å²) in [5, 5.41) is 2.87. The maximum Gasteiger partial charge on any atom is 0.288 e. The molecular formula is C16H14F3NO2S. The van der Waals surface area contributed by atoms with Crippen molar-refractivity contribution >= 4 is 23.2 Å². The first-order valence-corrected chi connectivity index (χ1v) is 7.53. The van der Waals surface area contributed by atoms with Crippen molar-refractivity contribution in [2.24, 2.45) is 0 Å². The monoisotopic (exact) mass is 341 g/mol. The van der Waals surface area contributed by atoms with Gasteiger partial charge in [0, 0.05) is 16.1 Å². The summed E-state index contributed by atoms with van der Waals surface area (Å²) in [5.74, 6) is -3.30. The van der Waals surface area contributed by atoms with Crippen LogP contribution in [0.25, 0.3) is 0 Å². The quantitative estimate of drug-likeness (QED) is 0.597. The van der Waals surface area contributed by atoms with E-state index in [2.05, 4.69) is 5.32 Å². The van der Waals surface area contributed by atoms with Crippen LogP contribution in [-0.2, 0) is 0 Å². The first-order valence-electron chi connectivity index (χ1n) is 6.65. The first-order chi connectivity index (χ1) is 11.0. The second-order valence-electron chi connectivity index (χ2n) is 4.53. The molecule has 1 N–H and O–H groups in total. The van der Waals surface area contributed by atoms with Crippen molar-refractivity contribution in [3.8, 4) is 5.75 Å².